The number of hydrogen-bond donors (Lipinski definition) is 2. The van der Waals surface area contributed by atoms with Gasteiger partial charge in [-0.25, -0.2) is 0 Å². The summed E-state index contributed by atoms with van der Waals surface area (Å²) in [6.07, 6.45) is 0.234. The van der Waals surface area contributed by atoms with Crippen LogP contribution in [0.5, 0.6) is 5.75 Å². The fourth-order valence-corrected chi connectivity index (χ4v) is 1.65. The van der Waals surface area contributed by atoms with Crippen LogP contribution in [-0.4, -0.2) is 45.2 Å². The van der Waals surface area contributed by atoms with E-state index in [1.54, 1.807) is 7.11 Å². The van der Waals surface area contributed by atoms with Gasteiger partial charge in [-0.2, -0.15) is 0 Å². The predicted octanol–water partition coefficient (Wildman–Crippen LogP) is 0.507. The molecule has 0 aliphatic heterocycles. The fraction of sp³-hybridized carbons (Fsp3) is 0.467. The Balaban J connectivity index is 2.28. The molecule has 0 bridgehead atoms. The highest BCUT2D eigenvalue weighted by atomic mass is 16.5. The van der Waals surface area contributed by atoms with Gasteiger partial charge < -0.3 is 20.1 Å². The van der Waals surface area contributed by atoms with E-state index in [0.29, 0.717) is 19.8 Å². The normalized spacial score (nSPS) is 10.0. The zero-order valence-electron chi connectivity index (χ0n) is 12.5. The van der Waals surface area contributed by atoms with Crippen molar-refractivity contribution in [2.45, 2.75) is 13.3 Å². The van der Waals surface area contributed by atoms with Crippen molar-refractivity contribution in [3.05, 3.63) is 29.8 Å². The van der Waals surface area contributed by atoms with Crippen LogP contribution in [0.15, 0.2) is 24.3 Å². The predicted molar refractivity (Wildman–Crippen MR) is 79.2 cm³/mol. The van der Waals surface area contributed by atoms with E-state index in [9.17, 15) is 9.59 Å². The molecular formula is C15H22N2O4. The highest BCUT2D eigenvalue weighted by molar-refractivity contribution is 5.85. The van der Waals surface area contributed by atoms with Crippen molar-refractivity contribution >= 4 is 11.8 Å². The molecule has 6 heteroatoms. The van der Waals surface area contributed by atoms with Crippen LogP contribution in [0.3, 0.4) is 0 Å². The molecule has 0 unspecified atom stereocenters. The van der Waals surface area contributed by atoms with Gasteiger partial charge in [0.2, 0.25) is 11.8 Å². The standard InChI is InChI=1S/C15H22N2O4/c1-3-21-13-6-4-12(5-7-13)10-14(18)17-11-15(19)16-8-9-20-2/h4-7H,3,8-11H2,1-2H3,(H,16,19)(H,17,18). The maximum atomic E-state index is 11.7. The third kappa shape index (κ3) is 7.31. The monoisotopic (exact) mass is 294 g/mol. The largest absolute Gasteiger partial charge is 0.494 e. The Morgan fingerprint density at radius 3 is 2.43 bits per heavy atom. The van der Waals surface area contributed by atoms with E-state index in [1.165, 1.54) is 0 Å². The van der Waals surface area contributed by atoms with E-state index in [4.69, 9.17) is 9.47 Å². The molecule has 0 fully saturated rings. The second-order valence-corrected chi connectivity index (χ2v) is 4.37. The minimum atomic E-state index is -0.230. The number of rotatable bonds is 9. The first-order valence-corrected chi connectivity index (χ1v) is 6.89. The van der Waals surface area contributed by atoms with Crippen LogP contribution in [0.4, 0.5) is 0 Å². The SMILES string of the molecule is CCOc1ccc(CC(=O)NCC(=O)NCCOC)cc1. The Kier molecular flexibility index (Phi) is 7.89. The molecule has 0 aromatic heterocycles. The fourth-order valence-electron chi connectivity index (χ4n) is 1.65. The van der Waals surface area contributed by atoms with Crippen molar-refractivity contribution in [3.8, 4) is 5.75 Å². The maximum Gasteiger partial charge on any atom is 0.239 e. The van der Waals surface area contributed by atoms with Crippen LogP contribution in [0.1, 0.15) is 12.5 Å². The van der Waals surface area contributed by atoms with Crippen LogP contribution < -0.4 is 15.4 Å². The Hall–Kier alpha value is -2.08. The molecule has 2 amide bonds. The molecule has 0 aliphatic rings. The Morgan fingerprint density at radius 1 is 1.10 bits per heavy atom. The second kappa shape index (κ2) is 9.77. The van der Waals surface area contributed by atoms with Crippen molar-refractivity contribution in [2.24, 2.45) is 0 Å². The van der Waals surface area contributed by atoms with Crippen molar-refractivity contribution in [1.29, 1.82) is 0 Å². The average Bonchev–Trinajstić information content (AvgIpc) is 2.48. The Labute approximate surface area is 124 Å². The first-order valence-electron chi connectivity index (χ1n) is 6.89. The number of nitrogens with one attached hydrogen (secondary N) is 2. The number of benzene rings is 1. The summed E-state index contributed by atoms with van der Waals surface area (Å²) in [6, 6.07) is 7.32. The van der Waals surface area contributed by atoms with E-state index in [-0.39, 0.29) is 24.8 Å². The summed E-state index contributed by atoms with van der Waals surface area (Å²) in [5.41, 5.74) is 0.871. The van der Waals surface area contributed by atoms with Gasteiger partial charge in [-0.15, -0.1) is 0 Å². The highest BCUT2D eigenvalue weighted by Gasteiger charge is 2.06. The molecule has 116 valence electrons. The zero-order chi connectivity index (χ0) is 15.5. The third-order valence-electron chi connectivity index (χ3n) is 2.67. The lowest BCUT2D eigenvalue weighted by Gasteiger charge is -2.07. The van der Waals surface area contributed by atoms with Crippen molar-refractivity contribution in [3.63, 3.8) is 0 Å². The van der Waals surface area contributed by atoms with Gasteiger partial charge in [-0.05, 0) is 24.6 Å². The molecule has 6 nitrogen and oxygen atoms in total. The molecule has 21 heavy (non-hydrogen) atoms. The number of ether oxygens (including phenoxy) is 2. The molecule has 0 saturated carbocycles. The highest BCUT2D eigenvalue weighted by Crippen LogP contribution is 2.12. The van der Waals surface area contributed by atoms with Crippen LogP contribution in [0, 0.1) is 0 Å². The molecule has 1 aromatic rings. The van der Waals surface area contributed by atoms with E-state index in [0.717, 1.165) is 11.3 Å². The molecule has 0 saturated heterocycles. The summed E-state index contributed by atoms with van der Waals surface area (Å²) in [6.45, 7) is 3.38. The molecule has 1 aromatic carbocycles. The molecule has 2 N–H and O–H groups in total. The Morgan fingerprint density at radius 2 is 1.81 bits per heavy atom. The van der Waals surface area contributed by atoms with Crippen molar-refractivity contribution in [1.82, 2.24) is 10.6 Å². The second-order valence-electron chi connectivity index (χ2n) is 4.37. The van der Waals surface area contributed by atoms with E-state index in [2.05, 4.69) is 10.6 Å². The summed E-state index contributed by atoms with van der Waals surface area (Å²) in [4.78, 5) is 23.1. The lowest BCUT2D eigenvalue weighted by atomic mass is 10.1. The molecule has 1 rings (SSSR count). The van der Waals surface area contributed by atoms with Crippen LogP contribution in [0.2, 0.25) is 0 Å². The van der Waals surface area contributed by atoms with Crippen LogP contribution in [0.25, 0.3) is 0 Å². The van der Waals surface area contributed by atoms with Crippen LogP contribution in [-0.2, 0) is 20.7 Å². The molecule has 0 aliphatic carbocycles. The molecule has 0 spiro atoms. The lowest BCUT2D eigenvalue weighted by Crippen LogP contribution is -2.38. The third-order valence-corrected chi connectivity index (χ3v) is 2.67. The summed E-state index contributed by atoms with van der Waals surface area (Å²) < 4.78 is 10.1. The topological polar surface area (TPSA) is 76.7 Å². The molecule has 0 radical (unpaired) electrons. The van der Waals surface area contributed by atoms with E-state index >= 15 is 0 Å². The minimum Gasteiger partial charge on any atom is -0.494 e. The number of carbonyl (C=O) groups excluding carboxylic acids is 2. The molecule has 0 heterocycles. The Bertz CT molecular complexity index is 445. The van der Waals surface area contributed by atoms with Gasteiger partial charge in [-0.1, -0.05) is 12.1 Å². The summed E-state index contributed by atoms with van der Waals surface area (Å²) in [5, 5.41) is 5.20. The van der Waals surface area contributed by atoms with Crippen molar-refractivity contribution in [2.75, 3.05) is 33.4 Å². The van der Waals surface area contributed by atoms with Gasteiger partial charge in [0, 0.05) is 13.7 Å². The van der Waals surface area contributed by atoms with E-state index in [1.807, 2.05) is 31.2 Å². The summed E-state index contributed by atoms with van der Waals surface area (Å²) in [5.74, 6) is 0.354. The van der Waals surface area contributed by atoms with Gasteiger partial charge >= 0.3 is 0 Å². The molecular weight excluding hydrogens is 272 g/mol. The summed E-state index contributed by atoms with van der Waals surface area (Å²) in [7, 11) is 1.56. The van der Waals surface area contributed by atoms with Crippen molar-refractivity contribution < 1.29 is 19.1 Å². The first kappa shape index (κ1) is 17.0. The number of hydrogen-bond acceptors (Lipinski definition) is 4. The lowest BCUT2D eigenvalue weighted by molar-refractivity contribution is -0.125. The maximum absolute atomic E-state index is 11.7. The number of amides is 2. The smallest absolute Gasteiger partial charge is 0.239 e. The average molecular weight is 294 g/mol. The first-order chi connectivity index (χ1) is 10.2. The van der Waals surface area contributed by atoms with Gasteiger partial charge in [0.05, 0.1) is 26.2 Å². The van der Waals surface area contributed by atoms with Crippen LogP contribution >= 0.6 is 0 Å². The number of methoxy groups -OCH3 is 1. The van der Waals surface area contributed by atoms with Gasteiger partial charge in [-0.3, -0.25) is 9.59 Å². The summed E-state index contributed by atoms with van der Waals surface area (Å²) >= 11 is 0. The number of carbonyl (C=O) groups is 2. The molecule has 0 atom stereocenters. The van der Waals surface area contributed by atoms with Gasteiger partial charge in [0.15, 0.2) is 0 Å². The van der Waals surface area contributed by atoms with E-state index < -0.39 is 0 Å². The minimum absolute atomic E-state index is 0.0282. The van der Waals surface area contributed by atoms with Gasteiger partial charge in [0.1, 0.15) is 5.75 Å². The van der Waals surface area contributed by atoms with Gasteiger partial charge in [0.25, 0.3) is 0 Å². The zero-order valence-corrected chi connectivity index (χ0v) is 12.5. The quantitative estimate of drug-likeness (QED) is 0.651.